The average Bonchev–Trinajstić information content (AvgIpc) is 2.50. The minimum atomic E-state index is -0.114. The second-order valence-electron chi connectivity index (χ2n) is 4.80. The standard InChI is InChI=1S/C19H26O2/c1-3-4-5-6-7-8-9-10-11-12-13-14-15-16-17-18-19(20)21-2/h3-5,12-18H2,1-2H3. The first-order valence-electron chi connectivity index (χ1n) is 7.83. The highest BCUT2D eigenvalue weighted by Gasteiger charge is 1.98. The molecule has 0 aromatic heterocycles. The third-order valence-electron chi connectivity index (χ3n) is 2.93. The maximum absolute atomic E-state index is 10.9. The van der Waals surface area contributed by atoms with Gasteiger partial charge in [0.15, 0.2) is 0 Å². The second kappa shape index (κ2) is 16.2. The molecule has 0 radical (unpaired) electrons. The highest BCUT2D eigenvalue weighted by Crippen LogP contribution is 2.07. The van der Waals surface area contributed by atoms with Crippen molar-refractivity contribution >= 4 is 5.97 Å². The zero-order valence-electron chi connectivity index (χ0n) is 13.4. The molecule has 0 unspecified atom stereocenters. The molecule has 0 heterocycles. The fourth-order valence-corrected chi connectivity index (χ4v) is 1.66. The van der Waals surface area contributed by atoms with Gasteiger partial charge in [0.05, 0.1) is 7.11 Å². The molecule has 114 valence electrons. The first-order valence-corrected chi connectivity index (χ1v) is 7.83. The highest BCUT2D eigenvalue weighted by atomic mass is 16.5. The maximum Gasteiger partial charge on any atom is 0.305 e. The van der Waals surface area contributed by atoms with E-state index in [2.05, 4.69) is 47.2 Å². The largest absolute Gasteiger partial charge is 0.469 e. The Labute approximate surface area is 130 Å². The smallest absolute Gasteiger partial charge is 0.305 e. The van der Waals surface area contributed by atoms with Crippen LogP contribution >= 0.6 is 0 Å². The van der Waals surface area contributed by atoms with Gasteiger partial charge in [-0.1, -0.05) is 44.4 Å². The molecule has 0 aliphatic carbocycles. The number of methoxy groups -OCH3 is 1. The summed E-state index contributed by atoms with van der Waals surface area (Å²) in [6.07, 6.45) is 10.0. The van der Waals surface area contributed by atoms with Gasteiger partial charge in [-0.3, -0.25) is 4.79 Å². The molecule has 0 aromatic carbocycles. The number of esters is 1. The predicted molar refractivity (Wildman–Crippen MR) is 87.2 cm³/mol. The Kier molecular flexibility index (Phi) is 14.8. The van der Waals surface area contributed by atoms with Gasteiger partial charge in [-0.15, -0.1) is 0 Å². The fourth-order valence-electron chi connectivity index (χ4n) is 1.66. The van der Waals surface area contributed by atoms with E-state index in [1.165, 1.54) is 13.5 Å². The zero-order valence-corrected chi connectivity index (χ0v) is 13.4. The van der Waals surface area contributed by atoms with Crippen molar-refractivity contribution < 1.29 is 9.53 Å². The first kappa shape index (κ1) is 19.1. The lowest BCUT2D eigenvalue weighted by atomic mass is 10.1. The van der Waals surface area contributed by atoms with Gasteiger partial charge in [-0.2, -0.15) is 0 Å². The molecule has 0 aromatic rings. The summed E-state index contributed by atoms with van der Waals surface area (Å²) in [4.78, 5) is 10.9. The van der Waals surface area contributed by atoms with Crippen molar-refractivity contribution in [1.29, 1.82) is 0 Å². The SMILES string of the molecule is CCCCC#CC#CC#CCCCCCCCC(=O)OC. The summed E-state index contributed by atoms with van der Waals surface area (Å²) >= 11 is 0. The van der Waals surface area contributed by atoms with Crippen molar-refractivity contribution in [3.63, 3.8) is 0 Å². The van der Waals surface area contributed by atoms with Crippen LogP contribution in [0.15, 0.2) is 0 Å². The van der Waals surface area contributed by atoms with E-state index in [0.717, 1.165) is 51.4 Å². The summed E-state index contributed by atoms with van der Waals surface area (Å²) in [5, 5.41) is 0. The van der Waals surface area contributed by atoms with Gasteiger partial charge < -0.3 is 4.74 Å². The van der Waals surface area contributed by atoms with Crippen LogP contribution in [-0.2, 0) is 9.53 Å². The molecular weight excluding hydrogens is 260 g/mol. The average molecular weight is 286 g/mol. The molecule has 0 bridgehead atoms. The molecule has 2 nitrogen and oxygen atoms in total. The van der Waals surface area contributed by atoms with Crippen molar-refractivity contribution in [3.05, 3.63) is 0 Å². The molecule has 0 spiro atoms. The van der Waals surface area contributed by atoms with E-state index in [-0.39, 0.29) is 5.97 Å². The molecule has 0 aliphatic heterocycles. The number of ether oxygens (including phenoxy) is 1. The van der Waals surface area contributed by atoms with Crippen molar-refractivity contribution in [2.24, 2.45) is 0 Å². The Bertz CT molecular complexity index is 443. The maximum atomic E-state index is 10.9. The van der Waals surface area contributed by atoms with Gasteiger partial charge in [0.2, 0.25) is 0 Å². The van der Waals surface area contributed by atoms with Gasteiger partial charge in [-0.05, 0) is 42.9 Å². The molecule has 0 rings (SSSR count). The molecule has 0 aliphatic rings. The van der Waals surface area contributed by atoms with Crippen LogP contribution in [-0.4, -0.2) is 13.1 Å². The van der Waals surface area contributed by atoms with Gasteiger partial charge >= 0.3 is 5.97 Å². The van der Waals surface area contributed by atoms with Gasteiger partial charge in [-0.25, -0.2) is 0 Å². The van der Waals surface area contributed by atoms with Gasteiger partial charge in [0.25, 0.3) is 0 Å². The molecule has 0 fully saturated rings. The van der Waals surface area contributed by atoms with Crippen molar-refractivity contribution in [3.8, 4) is 35.5 Å². The summed E-state index contributed by atoms with van der Waals surface area (Å²) in [6, 6.07) is 0. The Balaban J connectivity index is 3.43. The van der Waals surface area contributed by atoms with E-state index in [4.69, 9.17) is 0 Å². The quantitative estimate of drug-likeness (QED) is 0.362. The van der Waals surface area contributed by atoms with E-state index >= 15 is 0 Å². The molecular formula is C19H26O2. The van der Waals surface area contributed by atoms with Crippen LogP contribution in [0.4, 0.5) is 0 Å². The molecule has 0 atom stereocenters. The highest BCUT2D eigenvalue weighted by molar-refractivity contribution is 5.68. The Hall–Kier alpha value is -1.85. The minimum Gasteiger partial charge on any atom is -0.469 e. The molecule has 0 saturated carbocycles. The second-order valence-corrected chi connectivity index (χ2v) is 4.80. The topological polar surface area (TPSA) is 26.3 Å². The number of hydrogen-bond acceptors (Lipinski definition) is 2. The molecule has 0 amide bonds. The molecule has 21 heavy (non-hydrogen) atoms. The summed E-state index contributed by atoms with van der Waals surface area (Å²) in [6.45, 7) is 2.15. The molecule has 0 N–H and O–H groups in total. The monoisotopic (exact) mass is 286 g/mol. The molecule has 2 heteroatoms. The lowest BCUT2D eigenvalue weighted by Crippen LogP contribution is -1.99. The van der Waals surface area contributed by atoms with Crippen LogP contribution in [0.25, 0.3) is 0 Å². The zero-order chi connectivity index (χ0) is 15.6. The Morgan fingerprint density at radius 1 is 0.810 bits per heavy atom. The van der Waals surface area contributed by atoms with Crippen molar-refractivity contribution in [2.45, 2.75) is 71.1 Å². The van der Waals surface area contributed by atoms with E-state index in [9.17, 15) is 4.79 Å². The third kappa shape index (κ3) is 16.1. The van der Waals surface area contributed by atoms with Crippen LogP contribution in [0.5, 0.6) is 0 Å². The molecule has 0 saturated heterocycles. The number of carbonyl (C=O) groups excluding carboxylic acids is 1. The summed E-state index contributed by atoms with van der Waals surface area (Å²) in [5.74, 6) is 17.1. The number of carbonyl (C=O) groups is 1. The lowest BCUT2D eigenvalue weighted by Gasteiger charge is -1.99. The van der Waals surface area contributed by atoms with Crippen LogP contribution in [0, 0.1) is 35.5 Å². The Morgan fingerprint density at radius 3 is 2.00 bits per heavy atom. The number of rotatable bonds is 9. The van der Waals surface area contributed by atoms with E-state index < -0.39 is 0 Å². The Morgan fingerprint density at radius 2 is 1.38 bits per heavy atom. The van der Waals surface area contributed by atoms with Crippen LogP contribution in [0.3, 0.4) is 0 Å². The van der Waals surface area contributed by atoms with E-state index in [0.29, 0.717) is 6.42 Å². The summed E-state index contributed by atoms with van der Waals surface area (Å²) in [7, 11) is 1.43. The van der Waals surface area contributed by atoms with Gasteiger partial charge in [0.1, 0.15) is 0 Å². The van der Waals surface area contributed by atoms with Gasteiger partial charge in [0, 0.05) is 19.3 Å². The van der Waals surface area contributed by atoms with Crippen molar-refractivity contribution in [1.82, 2.24) is 0 Å². The van der Waals surface area contributed by atoms with Crippen LogP contribution < -0.4 is 0 Å². The predicted octanol–water partition coefficient (Wildman–Crippen LogP) is 4.09. The van der Waals surface area contributed by atoms with E-state index in [1.807, 2.05) is 0 Å². The minimum absolute atomic E-state index is 0.114. The van der Waals surface area contributed by atoms with Crippen molar-refractivity contribution in [2.75, 3.05) is 7.11 Å². The van der Waals surface area contributed by atoms with E-state index in [1.54, 1.807) is 0 Å². The first-order chi connectivity index (χ1) is 10.3. The fraction of sp³-hybridized carbons (Fsp3) is 0.632. The number of hydrogen-bond donors (Lipinski definition) is 0. The van der Waals surface area contributed by atoms with Crippen LogP contribution in [0.1, 0.15) is 71.1 Å². The lowest BCUT2D eigenvalue weighted by molar-refractivity contribution is -0.140. The summed E-state index contributed by atoms with van der Waals surface area (Å²) < 4.78 is 4.59. The van der Waals surface area contributed by atoms with Crippen LogP contribution in [0.2, 0.25) is 0 Å². The summed E-state index contributed by atoms with van der Waals surface area (Å²) in [5.41, 5.74) is 0. The third-order valence-corrected chi connectivity index (χ3v) is 2.93. The number of unbranched alkanes of at least 4 members (excludes halogenated alkanes) is 7. The normalized spacial score (nSPS) is 8.48.